The van der Waals surface area contributed by atoms with Gasteiger partial charge in [-0.25, -0.2) is 0 Å². The van der Waals surface area contributed by atoms with Gasteiger partial charge < -0.3 is 10.2 Å². The third kappa shape index (κ3) is 3.74. The van der Waals surface area contributed by atoms with E-state index in [0.29, 0.717) is 0 Å². The average Bonchev–Trinajstić information content (AvgIpc) is 1.96. The number of hydrogen-bond acceptors (Lipinski definition) is 3. The smallest absolute Gasteiger partial charge is 0.321 e. The molecule has 0 aromatic carbocycles. The van der Waals surface area contributed by atoms with Crippen LogP contribution in [0.25, 0.3) is 0 Å². The maximum absolute atomic E-state index is 10.8. The van der Waals surface area contributed by atoms with E-state index in [-0.39, 0.29) is 12.0 Å². The van der Waals surface area contributed by atoms with Gasteiger partial charge in [-0.3, -0.25) is 14.5 Å². The van der Waals surface area contributed by atoms with Crippen LogP contribution in [0.3, 0.4) is 0 Å². The van der Waals surface area contributed by atoms with E-state index in [9.17, 15) is 9.59 Å². The van der Waals surface area contributed by atoms with Crippen molar-refractivity contribution >= 4 is 11.9 Å². The van der Waals surface area contributed by atoms with Crippen molar-refractivity contribution in [3.63, 3.8) is 0 Å². The number of carboxylic acid groups (broad SMARTS) is 2. The summed E-state index contributed by atoms with van der Waals surface area (Å²) in [5.74, 6) is -2.21. The van der Waals surface area contributed by atoms with Gasteiger partial charge in [0.25, 0.3) is 0 Å². The first-order valence-electron chi connectivity index (χ1n) is 4.33. The Bertz CT molecular complexity index is 231. The molecule has 0 aromatic rings. The molecular weight excluding hydrogens is 186 g/mol. The molecular formula is C9H17NO4. The zero-order valence-corrected chi connectivity index (χ0v) is 8.94. The minimum Gasteiger partial charge on any atom is -0.481 e. The summed E-state index contributed by atoms with van der Waals surface area (Å²) in [5.41, 5.74) is -0.363. The first kappa shape index (κ1) is 12.9. The van der Waals surface area contributed by atoms with Crippen LogP contribution in [0, 0.1) is 0 Å². The molecule has 0 aliphatic carbocycles. The van der Waals surface area contributed by atoms with Crippen molar-refractivity contribution < 1.29 is 19.8 Å². The molecule has 0 saturated carbocycles. The largest absolute Gasteiger partial charge is 0.481 e. The lowest BCUT2D eigenvalue weighted by Gasteiger charge is -2.35. The molecule has 0 fully saturated rings. The quantitative estimate of drug-likeness (QED) is 0.701. The molecule has 0 aromatic heterocycles. The molecule has 0 heterocycles. The molecule has 2 N–H and O–H groups in total. The Morgan fingerprint density at radius 2 is 1.71 bits per heavy atom. The van der Waals surface area contributed by atoms with E-state index in [1.165, 1.54) is 0 Å². The fraction of sp³-hybridized carbons (Fsp3) is 0.778. The number of carboxylic acids is 2. The highest BCUT2D eigenvalue weighted by Crippen LogP contribution is 2.16. The van der Waals surface area contributed by atoms with Gasteiger partial charge in [0, 0.05) is 5.54 Å². The molecule has 0 bridgehead atoms. The maximum atomic E-state index is 10.8. The second-order valence-corrected chi connectivity index (χ2v) is 4.23. The lowest BCUT2D eigenvalue weighted by molar-refractivity contribution is -0.151. The van der Waals surface area contributed by atoms with E-state index in [0.717, 1.165) is 0 Å². The van der Waals surface area contributed by atoms with Gasteiger partial charge in [-0.15, -0.1) is 0 Å². The molecule has 0 rings (SSSR count). The lowest BCUT2D eigenvalue weighted by Crippen LogP contribution is -2.49. The number of likely N-dealkylation sites (N-methyl/N-ethyl adjacent to an activating group) is 1. The summed E-state index contributed by atoms with van der Waals surface area (Å²) in [5, 5.41) is 17.4. The monoisotopic (exact) mass is 203 g/mol. The zero-order chi connectivity index (χ0) is 11.5. The standard InChI is InChI=1S/C9H17NO4/c1-9(2,3)10(4)6(8(13)14)5-7(11)12/h6H,5H2,1-4H3,(H,11,12)(H,13,14). The summed E-state index contributed by atoms with van der Waals surface area (Å²) in [6, 6.07) is -0.979. The number of aliphatic carboxylic acids is 2. The van der Waals surface area contributed by atoms with Crippen LogP contribution in [0.5, 0.6) is 0 Å². The van der Waals surface area contributed by atoms with Crippen molar-refractivity contribution in [1.82, 2.24) is 4.90 Å². The van der Waals surface area contributed by atoms with Crippen LogP contribution in [0.15, 0.2) is 0 Å². The highest BCUT2D eigenvalue weighted by molar-refractivity contribution is 5.80. The molecule has 0 amide bonds. The van der Waals surface area contributed by atoms with Crippen molar-refractivity contribution in [2.75, 3.05) is 7.05 Å². The third-order valence-corrected chi connectivity index (χ3v) is 2.18. The first-order valence-corrected chi connectivity index (χ1v) is 4.33. The molecule has 0 aliphatic heterocycles. The van der Waals surface area contributed by atoms with Crippen LogP contribution in [-0.4, -0.2) is 45.7 Å². The number of carbonyl (C=O) groups is 2. The molecule has 0 aliphatic rings. The molecule has 0 saturated heterocycles. The number of hydrogen-bond donors (Lipinski definition) is 2. The Morgan fingerprint density at radius 1 is 1.29 bits per heavy atom. The van der Waals surface area contributed by atoms with E-state index in [2.05, 4.69) is 0 Å². The van der Waals surface area contributed by atoms with Crippen molar-refractivity contribution in [3.8, 4) is 0 Å². The fourth-order valence-electron chi connectivity index (χ4n) is 1.02. The Balaban J connectivity index is 4.66. The molecule has 0 spiro atoms. The van der Waals surface area contributed by atoms with E-state index in [4.69, 9.17) is 10.2 Å². The Labute approximate surface area is 83.3 Å². The van der Waals surface area contributed by atoms with E-state index in [1.807, 2.05) is 20.8 Å². The summed E-state index contributed by atoms with van der Waals surface area (Å²) >= 11 is 0. The van der Waals surface area contributed by atoms with Crippen LogP contribution in [0.1, 0.15) is 27.2 Å². The molecule has 5 heteroatoms. The van der Waals surface area contributed by atoms with Gasteiger partial charge >= 0.3 is 11.9 Å². The SMILES string of the molecule is CN(C(CC(=O)O)C(=O)O)C(C)(C)C. The molecule has 1 atom stereocenters. The molecule has 1 unspecified atom stereocenters. The van der Waals surface area contributed by atoms with Gasteiger partial charge in [0.2, 0.25) is 0 Å². The molecule has 82 valence electrons. The fourth-order valence-corrected chi connectivity index (χ4v) is 1.02. The van der Waals surface area contributed by atoms with E-state index >= 15 is 0 Å². The van der Waals surface area contributed by atoms with Crippen LogP contribution in [0.2, 0.25) is 0 Å². The van der Waals surface area contributed by atoms with Crippen molar-refractivity contribution in [2.45, 2.75) is 38.8 Å². The van der Waals surface area contributed by atoms with Crippen LogP contribution in [-0.2, 0) is 9.59 Å². The van der Waals surface area contributed by atoms with Crippen LogP contribution >= 0.6 is 0 Å². The normalized spacial score (nSPS) is 14.1. The highest BCUT2D eigenvalue weighted by atomic mass is 16.4. The molecule has 14 heavy (non-hydrogen) atoms. The van der Waals surface area contributed by atoms with Gasteiger partial charge in [0.1, 0.15) is 6.04 Å². The summed E-state index contributed by atoms with van der Waals surface area (Å²) < 4.78 is 0. The molecule has 0 radical (unpaired) electrons. The lowest BCUT2D eigenvalue weighted by atomic mass is 10.0. The van der Waals surface area contributed by atoms with E-state index in [1.54, 1.807) is 11.9 Å². The second-order valence-electron chi connectivity index (χ2n) is 4.23. The van der Waals surface area contributed by atoms with Gasteiger partial charge in [-0.2, -0.15) is 0 Å². The Kier molecular flexibility index (Phi) is 4.07. The summed E-state index contributed by atoms with van der Waals surface area (Å²) in [6.45, 7) is 5.51. The highest BCUT2D eigenvalue weighted by Gasteiger charge is 2.31. The first-order chi connectivity index (χ1) is 6.16. The summed E-state index contributed by atoms with van der Waals surface area (Å²) in [4.78, 5) is 22.8. The van der Waals surface area contributed by atoms with Crippen LogP contribution in [0.4, 0.5) is 0 Å². The second kappa shape index (κ2) is 4.41. The third-order valence-electron chi connectivity index (χ3n) is 2.18. The minimum absolute atomic E-state index is 0.363. The van der Waals surface area contributed by atoms with Crippen LogP contribution < -0.4 is 0 Å². The maximum Gasteiger partial charge on any atom is 0.321 e. The zero-order valence-electron chi connectivity index (χ0n) is 8.94. The average molecular weight is 203 g/mol. The van der Waals surface area contributed by atoms with Gasteiger partial charge in [0.15, 0.2) is 0 Å². The Morgan fingerprint density at radius 3 is 1.93 bits per heavy atom. The summed E-state index contributed by atoms with van der Waals surface area (Å²) in [6.07, 6.45) is -0.386. The number of nitrogens with zero attached hydrogens (tertiary/aromatic N) is 1. The van der Waals surface area contributed by atoms with Gasteiger partial charge in [0.05, 0.1) is 6.42 Å². The van der Waals surface area contributed by atoms with Gasteiger partial charge in [-0.1, -0.05) is 0 Å². The van der Waals surface area contributed by atoms with Gasteiger partial charge in [-0.05, 0) is 27.8 Å². The Hall–Kier alpha value is -1.10. The minimum atomic E-state index is -1.11. The van der Waals surface area contributed by atoms with E-state index < -0.39 is 18.0 Å². The van der Waals surface area contributed by atoms with Crippen molar-refractivity contribution in [1.29, 1.82) is 0 Å². The summed E-state index contributed by atoms with van der Waals surface area (Å²) in [7, 11) is 1.61. The van der Waals surface area contributed by atoms with Crippen molar-refractivity contribution in [3.05, 3.63) is 0 Å². The van der Waals surface area contributed by atoms with Crippen molar-refractivity contribution in [2.24, 2.45) is 0 Å². The topological polar surface area (TPSA) is 77.8 Å². The molecule has 5 nitrogen and oxygen atoms in total. The number of rotatable bonds is 4. The predicted molar refractivity (Wildman–Crippen MR) is 51.2 cm³/mol. The predicted octanol–water partition coefficient (Wildman–Crippen LogP) is 0.645.